The molecule has 1 aromatic carbocycles. The summed E-state index contributed by atoms with van der Waals surface area (Å²) in [6, 6.07) is 12.4. The fourth-order valence-corrected chi connectivity index (χ4v) is 2.64. The third-order valence-corrected chi connectivity index (χ3v) is 3.90. The molecule has 0 saturated heterocycles. The van der Waals surface area contributed by atoms with E-state index in [1.807, 2.05) is 19.2 Å². The minimum atomic E-state index is 0.592. The van der Waals surface area contributed by atoms with Gasteiger partial charge >= 0.3 is 0 Å². The standard InChI is InChI=1S/C18H15N5/c1-12-3-5-14(6-4-12)16-9-17(15-7-8-19-10-13(15)2)23-18(22-16)20-11-21-23/h3-11H,1-2H3. The number of aromatic nitrogens is 5. The van der Waals surface area contributed by atoms with Gasteiger partial charge in [-0.15, -0.1) is 0 Å². The SMILES string of the molecule is Cc1ccc(-c2cc(-c3ccncc3C)n3ncnc3n2)cc1. The van der Waals surface area contributed by atoms with Gasteiger partial charge in [0.1, 0.15) is 6.33 Å². The minimum absolute atomic E-state index is 0.592. The first-order valence-electron chi connectivity index (χ1n) is 7.41. The third-order valence-electron chi connectivity index (χ3n) is 3.90. The van der Waals surface area contributed by atoms with Crippen LogP contribution in [0.15, 0.2) is 55.1 Å². The topological polar surface area (TPSA) is 56.0 Å². The van der Waals surface area contributed by atoms with Crippen LogP contribution in [0.25, 0.3) is 28.3 Å². The molecule has 0 saturated carbocycles. The summed E-state index contributed by atoms with van der Waals surface area (Å²) < 4.78 is 1.76. The second-order valence-electron chi connectivity index (χ2n) is 5.56. The number of hydrogen-bond acceptors (Lipinski definition) is 4. The maximum Gasteiger partial charge on any atom is 0.253 e. The summed E-state index contributed by atoms with van der Waals surface area (Å²) in [7, 11) is 0. The molecule has 112 valence electrons. The predicted octanol–water partition coefficient (Wildman–Crippen LogP) is 3.47. The zero-order chi connectivity index (χ0) is 15.8. The largest absolute Gasteiger partial charge is 0.264 e. The molecule has 3 heterocycles. The molecule has 0 radical (unpaired) electrons. The molecule has 5 heteroatoms. The molecular weight excluding hydrogens is 286 g/mol. The van der Waals surface area contributed by atoms with Crippen molar-refractivity contribution in [2.24, 2.45) is 0 Å². The first-order chi connectivity index (χ1) is 11.2. The van der Waals surface area contributed by atoms with Crippen LogP contribution in [-0.2, 0) is 0 Å². The highest BCUT2D eigenvalue weighted by molar-refractivity contribution is 5.72. The van der Waals surface area contributed by atoms with E-state index in [4.69, 9.17) is 0 Å². The smallest absolute Gasteiger partial charge is 0.253 e. The van der Waals surface area contributed by atoms with Gasteiger partial charge in [0.25, 0.3) is 5.78 Å². The highest BCUT2D eigenvalue weighted by Crippen LogP contribution is 2.27. The number of benzene rings is 1. The van der Waals surface area contributed by atoms with E-state index < -0.39 is 0 Å². The van der Waals surface area contributed by atoms with Gasteiger partial charge in [-0.1, -0.05) is 29.8 Å². The summed E-state index contributed by atoms with van der Waals surface area (Å²) in [6.07, 6.45) is 5.17. The molecule has 0 aliphatic rings. The van der Waals surface area contributed by atoms with E-state index in [2.05, 4.69) is 57.3 Å². The molecule has 0 bridgehead atoms. The number of nitrogens with zero attached hydrogens (tertiary/aromatic N) is 5. The Hall–Kier alpha value is -3.08. The molecule has 4 aromatic rings. The zero-order valence-electron chi connectivity index (χ0n) is 12.9. The van der Waals surface area contributed by atoms with Crippen LogP contribution in [0.1, 0.15) is 11.1 Å². The highest BCUT2D eigenvalue weighted by Gasteiger charge is 2.12. The van der Waals surface area contributed by atoms with E-state index in [1.165, 1.54) is 11.9 Å². The zero-order valence-corrected chi connectivity index (χ0v) is 12.9. The van der Waals surface area contributed by atoms with Crippen LogP contribution in [0.2, 0.25) is 0 Å². The first kappa shape index (κ1) is 13.6. The summed E-state index contributed by atoms with van der Waals surface area (Å²) in [5.74, 6) is 0.592. The lowest BCUT2D eigenvalue weighted by atomic mass is 10.0. The molecule has 0 unspecified atom stereocenters. The van der Waals surface area contributed by atoms with E-state index in [0.717, 1.165) is 28.1 Å². The normalized spacial score (nSPS) is 11.0. The van der Waals surface area contributed by atoms with Crippen molar-refractivity contribution in [1.82, 2.24) is 24.6 Å². The maximum atomic E-state index is 4.62. The summed E-state index contributed by atoms with van der Waals surface area (Å²) in [5, 5.41) is 4.31. The van der Waals surface area contributed by atoms with Crippen molar-refractivity contribution in [1.29, 1.82) is 0 Å². The fourth-order valence-electron chi connectivity index (χ4n) is 2.64. The van der Waals surface area contributed by atoms with Gasteiger partial charge in [-0.3, -0.25) is 4.98 Å². The van der Waals surface area contributed by atoms with Crippen molar-refractivity contribution in [3.8, 4) is 22.5 Å². The molecule has 0 N–H and O–H groups in total. The van der Waals surface area contributed by atoms with E-state index in [0.29, 0.717) is 5.78 Å². The second-order valence-corrected chi connectivity index (χ2v) is 5.56. The second kappa shape index (κ2) is 5.28. The first-order valence-corrected chi connectivity index (χ1v) is 7.41. The number of aryl methyl sites for hydroxylation is 2. The highest BCUT2D eigenvalue weighted by atomic mass is 15.3. The molecule has 0 amide bonds. The summed E-state index contributed by atoms with van der Waals surface area (Å²) in [5.41, 5.74) is 6.30. The number of hydrogen-bond donors (Lipinski definition) is 0. The Kier molecular flexibility index (Phi) is 3.12. The van der Waals surface area contributed by atoms with Gasteiger partial charge in [0.15, 0.2) is 0 Å². The number of rotatable bonds is 2. The summed E-state index contributed by atoms with van der Waals surface area (Å²) >= 11 is 0. The van der Waals surface area contributed by atoms with Crippen molar-refractivity contribution in [3.63, 3.8) is 0 Å². The van der Waals surface area contributed by atoms with Crippen molar-refractivity contribution < 1.29 is 0 Å². The van der Waals surface area contributed by atoms with Gasteiger partial charge in [0.05, 0.1) is 11.4 Å². The molecule has 5 nitrogen and oxygen atoms in total. The lowest BCUT2D eigenvalue weighted by Crippen LogP contribution is -2.00. The number of fused-ring (bicyclic) bond motifs is 1. The Morgan fingerprint density at radius 1 is 1.00 bits per heavy atom. The van der Waals surface area contributed by atoms with Gasteiger partial charge in [0.2, 0.25) is 0 Å². The van der Waals surface area contributed by atoms with Crippen LogP contribution >= 0.6 is 0 Å². The average molecular weight is 301 g/mol. The summed E-state index contributed by atoms with van der Waals surface area (Å²) in [4.78, 5) is 13.1. The van der Waals surface area contributed by atoms with Crippen LogP contribution < -0.4 is 0 Å². The van der Waals surface area contributed by atoms with Crippen LogP contribution in [0.3, 0.4) is 0 Å². The van der Waals surface area contributed by atoms with E-state index in [1.54, 1.807) is 10.7 Å². The van der Waals surface area contributed by atoms with Gasteiger partial charge < -0.3 is 0 Å². The third kappa shape index (κ3) is 2.36. The van der Waals surface area contributed by atoms with E-state index in [9.17, 15) is 0 Å². The predicted molar refractivity (Wildman–Crippen MR) is 88.9 cm³/mol. The average Bonchev–Trinajstić information content (AvgIpc) is 3.04. The van der Waals surface area contributed by atoms with Crippen LogP contribution in [0.5, 0.6) is 0 Å². The Labute approximate surface area is 133 Å². The molecule has 23 heavy (non-hydrogen) atoms. The lowest BCUT2D eigenvalue weighted by molar-refractivity contribution is 0.947. The summed E-state index contributed by atoms with van der Waals surface area (Å²) in [6.45, 7) is 4.11. The van der Waals surface area contributed by atoms with Crippen molar-refractivity contribution in [2.75, 3.05) is 0 Å². The molecular formula is C18H15N5. The van der Waals surface area contributed by atoms with Gasteiger partial charge in [0, 0.05) is 23.5 Å². The van der Waals surface area contributed by atoms with E-state index in [-0.39, 0.29) is 0 Å². The van der Waals surface area contributed by atoms with E-state index >= 15 is 0 Å². The minimum Gasteiger partial charge on any atom is -0.264 e. The molecule has 4 rings (SSSR count). The Morgan fingerprint density at radius 2 is 1.83 bits per heavy atom. The Morgan fingerprint density at radius 3 is 2.61 bits per heavy atom. The number of pyridine rings is 1. The molecule has 0 aliphatic carbocycles. The fraction of sp³-hybridized carbons (Fsp3) is 0.111. The molecule has 0 fully saturated rings. The molecule has 0 atom stereocenters. The molecule has 0 aliphatic heterocycles. The Balaban J connectivity index is 1.98. The Bertz CT molecular complexity index is 986. The van der Waals surface area contributed by atoms with Crippen LogP contribution in [0.4, 0.5) is 0 Å². The van der Waals surface area contributed by atoms with Crippen LogP contribution in [0, 0.1) is 13.8 Å². The molecule has 0 spiro atoms. The van der Waals surface area contributed by atoms with Crippen molar-refractivity contribution in [3.05, 3.63) is 66.2 Å². The van der Waals surface area contributed by atoms with Crippen molar-refractivity contribution in [2.45, 2.75) is 13.8 Å². The van der Waals surface area contributed by atoms with Gasteiger partial charge in [-0.2, -0.15) is 14.6 Å². The monoisotopic (exact) mass is 301 g/mol. The molecule has 3 aromatic heterocycles. The van der Waals surface area contributed by atoms with Gasteiger partial charge in [-0.25, -0.2) is 4.98 Å². The quantitative estimate of drug-likeness (QED) is 0.569. The van der Waals surface area contributed by atoms with Crippen molar-refractivity contribution >= 4 is 5.78 Å². The van der Waals surface area contributed by atoms with Gasteiger partial charge in [-0.05, 0) is 31.5 Å². The maximum absolute atomic E-state index is 4.62. The lowest BCUT2D eigenvalue weighted by Gasteiger charge is -2.10. The van der Waals surface area contributed by atoms with Crippen LogP contribution in [-0.4, -0.2) is 24.6 Å².